The van der Waals surface area contributed by atoms with Gasteiger partial charge in [-0.25, -0.2) is 8.78 Å². The van der Waals surface area contributed by atoms with Gasteiger partial charge < -0.3 is 15.1 Å². The molecule has 4 nitrogen and oxygen atoms in total. The molecule has 1 heterocycles. The number of nitrogens with zero attached hydrogens (tertiary/aromatic N) is 1. The Bertz CT molecular complexity index is 713. The molecule has 1 amide bonds. The van der Waals surface area contributed by atoms with Gasteiger partial charge in [0, 0.05) is 5.69 Å². The highest BCUT2D eigenvalue weighted by Crippen LogP contribution is 2.14. The molecule has 0 bridgehead atoms. The number of nitrogens with one attached hydrogen (secondary N) is 2. The van der Waals surface area contributed by atoms with E-state index >= 15 is 0 Å². The summed E-state index contributed by atoms with van der Waals surface area (Å²) in [5.74, 6) is -0.816. The molecule has 0 unspecified atom stereocenters. The molecule has 2 aromatic carbocycles. The van der Waals surface area contributed by atoms with Gasteiger partial charge in [-0.15, -0.1) is 0 Å². The first-order chi connectivity index (χ1) is 12.1. The molecule has 6 heteroatoms. The predicted molar refractivity (Wildman–Crippen MR) is 93.8 cm³/mol. The van der Waals surface area contributed by atoms with E-state index in [2.05, 4.69) is 10.2 Å². The van der Waals surface area contributed by atoms with Crippen LogP contribution in [0, 0.1) is 11.6 Å². The van der Waals surface area contributed by atoms with Gasteiger partial charge in [-0.3, -0.25) is 4.79 Å². The van der Waals surface area contributed by atoms with E-state index in [0.29, 0.717) is 6.42 Å². The number of hydrogen-bond donors (Lipinski definition) is 2. The number of halogens is 2. The highest BCUT2D eigenvalue weighted by molar-refractivity contribution is 5.90. The van der Waals surface area contributed by atoms with Crippen molar-refractivity contribution in [3.63, 3.8) is 0 Å². The number of piperazine rings is 1. The first-order valence-electron chi connectivity index (χ1n) is 8.50. The first-order valence-corrected chi connectivity index (χ1v) is 8.50. The van der Waals surface area contributed by atoms with Gasteiger partial charge in [-0.1, -0.05) is 12.1 Å². The summed E-state index contributed by atoms with van der Waals surface area (Å²) < 4.78 is 26.5. The molecule has 132 valence electrons. The summed E-state index contributed by atoms with van der Waals surface area (Å²) in [4.78, 5) is 15.6. The zero-order valence-corrected chi connectivity index (χ0v) is 14.0. The lowest BCUT2D eigenvalue weighted by atomic mass is 10.2. The van der Waals surface area contributed by atoms with E-state index < -0.39 is 5.82 Å². The van der Waals surface area contributed by atoms with Crippen LogP contribution in [0.1, 0.15) is 6.42 Å². The van der Waals surface area contributed by atoms with Crippen LogP contribution in [0.4, 0.5) is 20.2 Å². The van der Waals surface area contributed by atoms with E-state index in [1.165, 1.54) is 23.1 Å². The summed E-state index contributed by atoms with van der Waals surface area (Å²) in [6, 6.07) is 12.7. The van der Waals surface area contributed by atoms with Crippen molar-refractivity contribution in [3.8, 4) is 0 Å². The second-order valence-electron chi connectivity index (χ2n) is 6.24. The monoisotopic (exact) mass is 346 g/mol. The number of anilines is 2. The molecule has 3 rings (SSSR count). The highest BCUT2D eigenvalue weighted by Gasteiger charge is 2.21. The normalized spacial score (nSPS) is 15.2. The van der Waals surface area contributed by atoms with Crippen molar-refractivity contribution < 1.29 is 18.5 Å². The molecule has 2 N–H and O–H groups in total. The Kier molecular flexibility index (Phi) is 5.60. The van der Waals surface area contributed by atoms with Crippen molar-refractivity contribution in [2.24, 2.45) is 0 Å². The molecule has 0 aromatic heterocycles. The van der Waals surface area contributed by atoms with Crippen LogP contribution in [0.15, 0.2) is 48.5 Å². The minimum absolute atomic E-state index is 0.168. The van der Waals surface area contributed by atoms with Crippen molar-refractivity contribution >= 4 is 17.3 Å². The Balaban J connectivity index is 1.42. The molecule has 1 saturated heterocycles. The van der Waals surface area contributed by atoms with Crippen molar-refractivity contribution in [1.82, 2.24) is 0 Å². The van der Waals surface area contributed by atoms with Gasteiger partial charge in [0.25, 0.3) is 0 Å². The minimum Gasteiger partial charge on any atom is -0.360 e. The van der Waals surface area contributed by atoms with Gasteiger partial charge in [-0.05, 0) is 36.4 Å². The van der Waals surface area contributed by atoms with Gasteiger partial charge in [0.1, 0.15) is 11.6 Å². The molecule has 25 heavy (non-hydrogen) atoms. The summed E-state index contributed by atoms with van der Waals surface area (Å²) in [5.41, 5.74) is 1.25. The van der Waals surface area contributed by atoms with Crippen molar-refractivity contribution in [2.45, 2.75) is 6.42 Å². The van der Waals surface area contributed by atoms with Gasteiger partial charge in [0.2, 0.25) is 5.91 Å². The number of para-hydroxylation sites is 1. The number of quaternary nitrogens is 1. The van der Waals surface area contributed by atoms with Crippen LogP contribution in [0.2, 0.25) is 0 Å². The predicted octanol–water partition coefficient (Wildman–Crippen LogP) is 1.70. The van der Waals surface area contributed by atoms with Crippen LogP contribution >= 0.6 is 0 Å². The standard InChI is InChI=1S/C19H21F2N3O/c20-15-5-7-16(8-6-15)24-13-11-23(12-14-24)10-9-19(25)22-18-4-2-1-3-17(18)21/h1-8H,9-14H2,(H,22,25)/p+1. The molecule has 0 atom stereocenters. The van der Waals surface area contributed by atoms with Crippen molar-refractivity contribution in [3.05, 3.63) is 60.2 Å². The van der Waals surface area contributed by atoms with Gasteiger partial charge >= 0.3 is 0 Å². The Hall–Kier alpha value is -2.47. The lowest BCUT2D eigenvalue weighted by Crippen LogP contribution is -3.15. The third kappa shape index (κ3) is 4.76. The molecule has 0 spiro atoms. The lowest BCUT2D eigenvalue weighted by Gasteiger charge is -2.33. The Morgan fingerprint density at radius 2 is 1.72 bits per heavy atom. The van der Waals surface area contributed by atoms with E-state index in [0.717, 1.165) is 38.4 Å². The van der Waals surface area contributed by atoms with Crippen LogP contribution in [-0.2, 0) is 4.79 Å². The van der Waals surface area contributed by atoms with Crippen LogP contribution in [0.25, 0.3) is 0 Å². The second-order valence-corrected chi connectivity index (χ2v) is 6.24. The van der Waals surface area contributed by atoms with Crippen LogP contribution in [0.5, 0.6) is 0 Å². The quantitative estimate of drug-likeness (QED) is 0.865. The van der Waals surface area contributed by atoms with E-state index in [4.69, 9.17) is 0 Å². The van der Waals surface area contributed by atoms with E-state index in [1.54, 1.807) is 30.3 Å². The number of hydrogen-bond acceptors (Lipinski definition) is 2. The summed E-state index contributed by atoms with van der Waals surface area (Å²) in [5, 5.41) is 2.62. The van der Waals surface area contributed by atoms with Crippen LogP contribution in [0.3, 0.4) is 0 Å². The van der Waals surface area contributed by atoms with Crippen LogP contribution in [-0.4, -0.2) is 38.6 Å². The number of rotatable bonds is 5. The number of carbonyl (C=O) groups is 1. The van der Waals surface area contributed by atoms with Gasteiger partial charge in [0.05, 0.1) is 44.8 Å². The van der Waals surface area contributed by atoms with Crippen LogP contribution < -0.4 is 15.1 Å². The molecular formula is C19H22F2N3O+. The van der Waals surface area contributed by atoms with Gasteiger partial charge in [-0.2, -0.15) is 0 Å². The fraction of sp³-hybridized carbons (Fsp3) is 0.316. The molecule has 1 fully saturated rings. The lowest BCUT2D eigenvalue weighted by molar-refractivity contribution is -0.900. The molecule has 0 radical (unpaired) electrons. The number of carbonyl (C=O) groups excluding carboxylic acids is 1. The van der Waals surface area contributed by atoms with Crippen molar-refractivity contribution in [1.29, 1.82) is 0 Å². The fourth-order valence-electron chi connectivity index (χ4n) is 3.05. The zero-order chi connectivity index (χ0) is 17.6. The van der Waals surface area contributed by atoms with E-state index in [9.17, 15) is 13.6 Å². The molecule has 1 aliphatic heterocycles. The SMILES string of the molecule is O=C(CC[NH+]1CCN(c2ccc(F)cc2)CC1)Nc1ccccc1F. The highest BCUT2D eigenvalue weighted by atomic mass is 19.1. The molecule has 1 aliphatic rings. The molecule has 2 aromatic rings. The largest absolute Gasteiger partial charge is 0.360 e. The van der Waals surface area contributed by atoms with Crippen molar-refractivity contribution in [2.75, 3.05) is 42.9 Å². The van der Waals surface area contributed by atoms with E-state index in [1.807, 2.05) is 0 Å². The summed E-state index contributed by atoms with van der Waals surface area (Å²) in [6.45, 7) is 4.30. The average Bonchev–Trinajstić information content (AvgIpc) is 2.63. The van der Waals surface area contributed by atoms with Gasteiger partial charge in [0.15, 0.2) is 0 Å². The number of amides is 1. The maximum Gasteiger partial charge on any atom is 0.230 e. The first kappa shape index (κ1) is 17.4. The zero-order valence-electron chi connectivity index (χ0n) is 14.0. The summed E-state index contributed by atoms with van der Waals surface area (Å²) in [6.07, 6.45) is 0.361. The molecule has 0 aliphatic carbocycles. The van der Waals surface area contributed by atoms with E-state index in [-0.39, 0.29) is 17.4 Å². The topological polar surface area (TPSA) is 36.8 Å². The summed E-state index contributed by atoms with van der Waals surface area (Å²) in [7, 11) is 0. The Morgan fingerprint density at radius 3 is 2.40 bits per heavy atom. The summed E-state index contributed by atoms with van der Waals surface area (Å²) >= 11 is 0. The molecule has 0 saturated carbocycles. The molecular weight excluding hydrogens is 324 g/mol. The Morgan fingerprint density at radius 1 is 1.04 bits per heavy atom. The maximum atomic E-state index is 13.5. The number of benzene rings is 2. The fourth-order valence-corrected chi connectivity index (χ4v) is 3.05. The third-order valence-corrected chi connectivity index (χ3v) is 4.52. The smallest absolute Gasteiger partial charge is 0.230 e. The minimum atomic E-state index is -0.420. The third-order valence-electron chi connectivity index (χ3n) is 4.52. The average molecular weight is 346 g/mol. The Labute approximate surface area is 146 Å². The maximum absolute atomic E-state index is 13.5. The second kappa shape index (κ2) is 8.07.